The number of pyridine rings is 1. The van der Waals surface area contributed by atoms with Crippen molar-refractivity contribution in [2.75, 3.05) is 11.9 Å². The highest BCUT2D eigenvalue weighted by Crippen LogP contribution is 2.38. The number of hydrogen-bond donors (Lipinski definition) is 1. The molecule has 0 aliphatic heterocycles. The molecule has 1 heterocycles. The van der Waals surface area contributed by atoms with Gasteiger partial charge in [0.25, 0.3) is 0 Å². The summed E-state index contributed by atoms with van der Waals surface area (Å²) < 4.78 is 5.79. The second kappa shape index (κ2) is 6.93. The number of rotatable bonds is 4. The Labute approximate surface area is 153 Å². The Bertz CT molecular complexity index is 923. The lowest BCUT2D eigenvalue weighted by atomic mass is 9.92. The van der Waals surface area contributed by atoms with E-state index in [-0.39, 0.29) is 0 Å². The minimum Gasteiger partial charge on any atom is -0.492 e. The summed E-state index contributed by atoms with van der Waals surface area (Å²) in [5.41, 5.74) is 5.59. The van der Waals surface area contributed by atoms with Gasteiger partial charge in [-0.05, 0) is 68.5 Å². The Hall–Kier alpha value is -2.26. The molecule has 3 nitrogen and oxygen atoms in total. The second-order valence-electron chi connectivity index (χ2n) is 6.33. The summed E-state index contributed by atoms with van der Waals surface area (Å²) in [5, 5.41) is 5.47. The van der Waals surface area contributed by atoms with Crippen LogP contribution < -0.4 is 10.1 Å². The summed E-state index contributed by atoms with van der Waals surface area (Å²) in [7, 11) is 0. The highest BCUT2D eigenvalue weighted by Gasteiger charge is 2.19. The first kappa shape index (κ1) is 16.2. The molecule has 1 aliphatic carbocycles. The molecule has 4 rings (SSSR count). The standard InChI is InChI=1S/C21H21ClN2O/c1-2-25-20-10-6-5-9-18(20)24-21-15-7-3-4-8-17(15)23-19-13-14(22)11-12-16(19)21/h5-6,9-13H,2-4,7-8H2,1H3,(H,23,24). The Morgan fingerprint density at radius 3 is 2.84 bits per heavy atom. The molecule has 0 radical (unpaired) electrons. The maximum absolute atomic E-state index is 6.20. The van der Waals surface area contributed by atoms with E-state index in [2.05, 4.69) is 17.4 Å². The zero-order valence-electron chi connectivity index (χ0n) is 14.3. The number of ether oxygens (including phenoxy) is 1. The third kappa shape index (κ3) is 3.16. The Balaban J connectivity index is 1.88. The van der Waals surface area contributed by atoms with Crippen LogP contribution in [-0.4, -0.2) is 11.6 Å². The maximum Gasteiger partial charge on any atom is 0.142 e. The summed E-state index contributed by atoms with van der Waals surface area (Å²) >= 11 is 6.20. The van der Waals surface area contributed by atoms with E-state index in [9.17, 15) is 0 Å². The first-order valence-electron chi connectivity index (χ1n) is 8.86. The molecule has 0 amide bonds. The average Bonchev–Trinajstić information content (AvgIpc) is 2.63. The molecule has 1 aliphatic rings. The van der Waals surface area contributed by atoms with Gasteiger partial charge in [-0.1, -0.05) is 23.7 Å². The molecule has 3 aromatic rings. The number of hydrogen-bond acceptors (Lipinski definition) is 3. The van der Waals surface area contributed by atoms with Crippen molar-refractivity contribution in [3.8, 4) is 5.75 Å². The van der Waals surface area contributed by atoms with Gasteiger partial charge in [0.15, 0.2) is 0 Å². The highest BCUT2D eigenvalue weighted by atomic mass is 35.5. The van der Waals surface area contributed by atoms with Crippen molar-refractivity contribution in [1.29, 1.82) is 0 Å². The predicted molar refractivity (Wildman–Crippen MR) is 104 cm³/mol. The SMILES string of the molecule is CCOc1ccccc1Nc1c2c(nc3cc(Cl)ccc13)CCCC2. The van der Waals surface area contributed by atoms with Gasteiger partial charge in [0, 0.05) is 16.1 Å². The van der Waals surface area contributed by atoms with Crippen molar-refractivity contribution in [2.24, 2.45) is 0 Å². The fourth-order valence-electron chi connectivity index (χ4n) is 3.53. The molecule has 0 saturated heterocycles. The quantitative estimate of drug-likeness (QED) is 0.633. The molecule has 0 unspecified atom stereocenters. The third-order valence-electron chi connectivity index (χ3n) is 4.67. The number of anilines is 2. The van der Waals surface area contributed by atoms with Crippen molar-refractivity contribution < 1.29 is 4.74 Å². The third-order valence-corrected chi connectivity index (χ3v) is 4.91. The van der Waals surface area contributed by atoms with Crippen LogP contribution in [0.3, 0.4) is 0 Å². The molecule has 2 aromatic carbocycles. The van der Waals surface area contributed by atoms with Gasteiger partial charge in [-0.25, -0.2) is 0 Å². The van der Waals surface area contributed by atoms with E-state index in [1.165, 1.54) is 24.1 Å². The van der Waals surface area contributed by atoms with E-state index < -0.39 is 0 Å². The van der Waals surface area contributed by atoms with E-state index in [0.717, 1.165) is 45.9 Å². The molecule has 1 aromatic heterocycles. The van der Waals surface area contributed by atoms with Gasteiger partial charge in [-0.3, -0.25) is 4.98 Å². The van der Waals surface area contributed by atoms with Crippen LogP contribution in [0.1, 0.15) is 31.0 Å². The van der Waals surface area contributed by atoms with Crippen molar-refractivity contribution in [2.45, 2.75) is 32.6 Å². The topological polar surface area (TPSA) is 34.1 Å². The van der Waals surface area contributed by atoms with Gasteiger partial charge in [0.2, 0.25) is 0 Å². The van der Waals surface area contributed by atoms with E-state index in [4.69, 9.17) is 21.3 Å². The summed E-state index contributed by atoms with van der Waals surface area (Å²) in [5.74, 6) is 0.869. The lowest BCUT2D eigenvalue weighted by molar-refractivity contribution is 0.342. The lowest BCUT2D eigenvalue weighted by Crippen LogP contribution is -2.10. The van der Waals surface area contributed by atoms with Crippen LogP contribution in [-0.2, 0) is 12.8 Å². The van der Waals surface area contributed by atoms with Crippen LogP contribution in [0.5, 0.6) is 5.75 Å². The van der Waals surface area contributed by atoms with Gasteiger partial charge in [0.1, 0.15) is 5.75 Å². The number of halogens is 1. The molecular weight excluding hydrogens is 332 g/mol. The molecule has 0 fully saturated rings. The van der Waals surface area contributed by atoms with Gasteiger partial charge < -0.3 is 10.1 Å². The Kier molecular flexibility index (Phi) is 4.50. The smallest absolute Gasteiger partial charge is 0.142 e. The van der Waals surface area contributed by atoms with Crippen LogP contribution in [0, 0.1) is 0 Å². The zero-order valence-corrected chi connectivity index (χ0v) is 15.1. The Morgan fingerprint density at radius 2 is 1.96 bits per heavy atom. The molecule has 1 N–H and O–H groups in total. The van der Waals surface area contributed by atoms with Crippen molar-refractivity contribution >= 4 is 33.9 Å². The number of nitrogens with zero attached hydrogens (tertiary/aromatic N) is 1. The van der Waals surface area contributed by atoms with Crippen LogP contribution in [0.15, 0.2) is 42.5 Å². The summed E-state index contributed by atoms with van der Waals surface area (Å²) in [6.45, 7) is 2.64. The molecule has 0 bridgehead atoms. The van der Waals surface area contributed by atoms with E-state index >= 15 is 0 Å². The van der Waals surface area contributed by atoms with Crippen molar-refractivity contribution in [3.63, 3.8) is 0 Å². The molecule has 0 spiro atoms. The summed E-state index contributed by atoms with van der Waals surface area (Å²) in [6, 6.07) is 14.0. The highest BCUT2D eigenvalue weighted by molar-refractivity contribution is 6.31. The van der Waals surface area contributed by atoms with Crippen molar-refractivity contribution in [1.82, 2.24) is 4.98 Å². The monoisotopic (exact) mass is 352 g/mol. The minimum atomic E-state index is 0.642. The summed E-state index contributed by atoms with van der Waals surface area (Å²) in [4.78, 5) is 4.88. The summed E-state index contributed by atoms with van der Waals surface area (Å²) in [6.07, 6.45) is 4.48. The number of aromatic nitrogens is 1. The number of fused-ring (bicyclic) bond motifs is 2. The molecule has 4 heteroatoms. The molecule has 0 atom stereocenters. The number of aryl methyl sites for hydroxylation is 1. The van der Waals surface area contributed by atoms with E-state index in [0.29, 0.717) is 6.61 Å². The normalized spacial score (nSPS) is 13.5. The largest absolute Gasteiger partial charge is 0.492 e. The zero-order chi connectivity index (χ0) is 17.2. The van der Waals surface area contributed by atoms with Crippen LogP contribution in [0.4, 0.5) is 11.4 Å². The van der Waals surface area contributed by atoms with Gasteiger partial charge in [0.05, 0.1) is 23.5 Å². The van der Waals surface area contributed by atoms with Crippen LogP contribution in [0.25, 0.3) is 10.9 Å². The number of para-hydroxylation sites is 2. The van der Waals surface area contributed by atoms with Gasteiger partial charge >= 0.3 is 0 Å². The molecule has 0 saturated carbocycles. The maximum atomic E-state index is 6.20. The molecule has 25 heavy (non-hydrogen) atoms. The Morgan fingerprint density at radius 1 is 1.12 bits per heavy atom. The average molecular weight is 353 g/mol. The fraction of sp³-hybridized carbons (Fsp3) is 0.286. The van der Waals surface area contributed by atoms with Crippen molar-refractivity contribution in [3.05, 3.63) is 58.7 Å². The van der Waals surface area contributed by atoms with E-state index in [1.54, 1.807) is 0 Å². The molecule has 128 valence electrons. The number of nitrogens with one attached hydrogen (secondary N) is 1. The van der Waals surface area contributed by atoms with Gasteiger partial charge in [-0.15, -0.1) is 0 Å². The predicted octanol–water partition coefficient (Wildman–Crippen LogP) is 5.91. The van der Waals surface area contributed by atoms with Crippen LogP contribution in [0.2, 0.25) is 5.02 Å². The lowest BCUT2D eigenvalue weighted by Gasteiger charge is -2.22. The minimum absolute atomic E-state index is 0.642. The first-order valence-corrected chi connectivity index (χ1v) is 9.24. The van der Waals surface area contributed by atoms with E-state index in [1.807, 2.05) is 37.3 Å². The second-order valence-corrected chi connectivity index (χ2v) is 6.77. The van der Waals surface area contributed by atoms with Crippen LogP contribution >= 0.6 is 11.6 Å². The first-order chi connectivity index (χ1) is 12.3. The fourth-order valence-corrected chi connectivity index (χ4v) is 3.69. The number of benzene rings is 2. The van der Waals surface area contributed by atoms with Gasteiger partial charge in [-0.2, -0.15) is 0 Å². The molecular formula is C21H21ClN2O.